The minimum absolute atomic E-state index is 1.05. The van der Waals surface area contributed by atoms with Gasteiger partial charge < -0.3 is 4.57 Å². The molecule has 0 spiro atoms. The highest BCUT2D eigenvalue weighted by Crippen LogP contribution is 2.43. The number of hydrogen-bond donors (Lipinski definition) is 0. The lowest BCUT2D eigenvalue weighted by Gasteiger charge is -2.09. The second kappa shape index (κ2) is 6.72. The van der Waals surface area contributed by atoms with Crippen LogP contribution in [0.3, 0.4) is 0 Å². The Balaban J connectivity index is 1.79. The summed E-state index contributed by atoms with van der Waals surface area (Å²) in [6.45, 7) is 4.44. The minimum Gasteiger partial charge on any atom is -0.309 e. The van der Waals surface area contributed by atoms with Crippen molar-refractivity contribution in [3.05, 3.63) is 90.0 Å². The molecule has 146 valence electrons. The summed E-state index contributed by atoms with van der Waals surface area (Å²) in [5.41, 5.74) is 6.59. The number of rotatable bonds is 3. The van der Waals surface area contributed by atoms with Crippen molar-refractivity contribution in [2.45, 2.75) is 26.7 Å². The van der Waals surface area contributed by atoms with Crippen molar-refractivity contribution in [2.75, 3.05) is 0 Å². The molecule has 0 unspecified atom stereocenters. The van der Waals surface area contributed by atoms with Crippen molar-refractivity contribution in [2.24, 2.45) is 0 Å². The summed E-state index contributed by atoms with van der Waals surface area (Å²) in [5, 5.41) is 5.45. The molecule has 0 radical (unpaired) electrons. The van der Waals surface area contributed by atoms with Crippen molar-refractivity contribution in [3.63, 3.8) is 0 Å². The van der Waals surface area contributed by atoms with E-state index in [-0.39, 0.29) is 0 Å². The zero-order valence-corrected chi connectivity index (χ0v) is 18.1. The number of aromatic nitrogens is 1. The maximum Gasteiger partial charge on any atom is 0.0555 e. The number of nitrogens with zero attached hydrogens (tertiary/aromatic N) is 1. The van der Waals surface area contributed by atoms with E-state index in [1.807, 2.05) is 11.3 Å². The Morgan fingerprint density at radius 2 is 1.40 bits per heavy atom. The van der Waals surface area contributed by atoms with E-state index < -0.39 is 0 Å². The van der Waals surface area contributed by atoms with Crippen molar-refractivity contribution >= 4 is 53.3 Å². The van der Waals surface area contributed by atoms with E-state index in [9.17, 15) is 0 Å². The molecule has 0 bridgehead atoms. The molecule has 0 fully saturated rings. The summed E-state index contributed by atoms with van der Waals surface area (Å²) >= 11 is 1.92. The quantitative estimate of drug-likeness (QED) is 0.279. The molecule has 0 amide bonds. The fourth-order valence-electron chi connectivity index (χ4n) is 4.71. The van der Waals surface area contributed by atoms with Gasteiger partial charge in [0.1, 0.15) is 0 Å². The van der Waals surface area contributed by atoms with Gasteiger partial charge in [-0.25, -0.2) is 0 Å². The SMILES string of the molecule is CCc1ccc(-n2c3cc(CC)ccc3c3c4sc5ccccc5c4ccc32)cc1. The molecule has 6 aromatic rings. The molecule has 2 heterocycles. The highest BCUT2D eigenvalue weighted by molar-refractivity contribution is 7.26. The summed E-state index contributed by atoms with van der Waals surface area (Å²) in [5.74, 6) is 0. The topological polar surface area (TPSA) is 4.93 Å². The minimum atomic E-state index is 1.05. The molecular formula is C28H23NS. The van der Waals surface area contributed by atoms with Crippen molar-refractivity contribution < 1.29 is 0 Å². The van der Waals surface area contributed by atoms with Crippen LogP contribution in [0.25, 0.3) is 47.7 Å². The third-order valence-corrected chi connectivity index (χ3v) is 7.55. The highest BCUT2D eigenvalue weighted by atomic mass is 32.1. The lowest BCUT2D eigenvalue weighted by molar-refractivity contribution is 1.11. The van der Waals surface area contributed by atoms with E-state index in [1.54, 1.807) is 0 Å². The molecule has 0 aliphatic rings. The van der Waals surface area contributed by atoms with E-state index in [4.69, 9.17) is 0 Å². The van der Waals surface area contributed by atoms with Crippen LogP contribution in [0.15, 0.2) is 78.9 Å². The Morgan fingerprint density at radius 1 is 0.667 bits per heavy atom. The normalized spacial score (nSPS) is 11.9. The van der Waals surface area contributed by atoms with Crippen LogP contribution in [0.5, 0.6) is 0 Å². The second-order valence-electron chi connectivity index (χ2n) is 8.00. The van der Waals surface area contributed by atoms with Gasteiger partial charge in [0.15, 0.2) is 0 Å². The molecule has 0 saturated heterocycles. The summed E-state index contributed by atoms with van der Waals surface area (Å²) in [7, 11) is 0. The highest BCUT2D eigenvalue weighted by Gasteiger charge is 2.17. The lowest BCUT2D eigenvalue weighted by Crippen LogP contribution is -1.94. The number of thiophene rings is 1. The second-order valence-corrected chi connectivity index (χ2v) is 9.05. The van der Waals surface area contributed by atoms with Gasteiger partial charge in [-0.05, 0) is 54.3 Å². The fourth-order valence-corrected chi connectivity index (χ4v) is 5.97. The first-order chi connectivity index (χ1) is 14.8. The van der Waals surface area contributed by atoms with E-state index in [1.165, 1.54) is 58.8 Å². The zero-order valence-electron chi connectivity index (χ0n) is 17.3. The summed E-state index contributed by atoms with van der Waals surface area (Å²) in [6.07, 6.45) is 2.11. The van der Waals surface area contributed by atoms with Crippen LogP contribution < -0.4 is 0 Å². The first-order valence-electron chi connectivity index (χ1n) is 10.7. The van der Waals surface area contributed by atoms with Gasteiger partial charge in [0.25, 0.3) is 0 Å². The average molecular weight is 406 g/mol. The van der Waals surface area contributed by atoms with E-state index in [0.717, 1.165) is 12.8 Å². The van der Waals surface area contributed by atoms with Crippen molar-refractivity contribution in [3.8, 4) is 5.69 Å². The molecule has 0 N–H and O–H groups in total. The predicted molar refractivity (Wildman–Crippen MR) is 132 cm³/mol. The molecule has 0 atom stereocenters. The Labute approximate surface area is 180 Å². The van der Waals surface area contributed by atoms with Crippen LogP contribution >= 0.6 is 11.3 Å². The molecule has 4 aromatic carbocycles. The monoisotopic (exact) mass is 405 g/mol. The standard InChI is InChI=1S/C28H23NS/c1-3-18-9-12-20(13-10-18)29-24-16-15-22-21-7-5-6-8-26(21)30-28(22)27(24)23-14-11-19(4-2)17-25(23)29/h5-17H,3-4H2,1-2H3. The summed E-state index contributed by atoms with van der Waals surface area (Å²) in [4.78, 5) is 0. The van der Waals surface area contributed by atoms with Crippen molar-refractivity contribution in [1.29, 1.82) is 0 Å². The fraction of sp³-hybridized carbons (Fsp3) is 0.143. The predicted octanol–water partition coefficient (Wildman–Crippen LogP) is 8.28. The van der Waals surface area contributed by atoms with E-state index in [0.29, 0.717) is 0 Å². The van der Waals surface area contributed by atoms with Gasteiger partial charge in [0.05, 0.1) is 11.0 Å². The Morgan fingerprint density at radius 3 is 2.20 bits per heavy atom. The lowest BCUT2D eigenvalue weighted by atomic mass is 10.1. The van der Waals surface area contributed by atoms with Gasteiger partial charge in [0.2, 0.25) is 0 Å². The number of fused-ring (bicyclic) bond motifs is 7. The van der Waals surface area contributed by atoms with Crippen LogP contribution in [-0.4, -0.2) is 4.57 Å². The molecule has 0 saturated carbocycles. The summed E-state index contributed by atoms with van der Waals surface area (Å²) in [6, 6.07) is 29.5. The average Bonchev–Trinajstić information content (AvgIpc) is 3.34. The molecule has 2 aromatic heterocycles. The number of benzene rings is 4. The third-order valence-electron chi connectivity index (χ3n) is 6.35. The third kappa shape index (κ3) is 2.47. The molecule has 30 heavy (non-hydrogen) atoms. The van der Waals surface area contributed by atoms with Crippen LogP contribution in [-0.2, 0) is 12.8 Å². The van der Waals surface area contributed by atoms with Gasteiger partial charge in [-0.2, -0.15) is 0 Å². The van der Waals surface area contributed by atoms with Gasteiger partial charge in [-0.3, -0.25) is 0 Å². The van der Waals surface area contributed by atoms with Gasteiger partial charge in [-0.1, -0.05) is 62.4 Å². The smallest absolute Gasteiger partial charge is 0.0555 e. The van der Waals surface area contributed by atoms with Crippen molar-refractivity contribution in [1.82, 2.24) is 4.57 Å². The largest absolute Gasteiger partial charge is 0.309 e. The Bertz CT molecular complexity index is 1550. The van der Waals surface area contributed by atoms with Crippen LogP contribution in [0.4, 0.5) is 0 Å². The van der Waals surface area contributed by atoms with Gasteiger partial charge in [0, 0.05) is 36.6 Å². The van der Waals surface area contributed by atoms with E-state index >= 15 is 0 Å². The van der Waals surface area contributed by atoms with Crippen LogP contribution in [0.1, 0.15) is 25.0 Å². The maximum atomic E-state index is 2.45. The molecular weight excluding hydrogens is 382 g/mol. The van der Waals surface area contributed by atoms with Gasteiger partial charge in [-0.15, -0.1) is 11.3 Å². The van der Waals surface area contributed by atoms with Crippen LogP contribution in [0, 0.1) is 0 Å². The molecule has 6 rings (SSSR count). The molecule has 1 nitrogen and oxygen atoms in total. The number of hydrogen-bond acceptors (Lipinski definition) is 1. The zero-order chi connectivity index (χ0) is 20.2. The first kappa shape index (κ1) is 17.7. The summed E-state index contributed by atoms with van der Waals surface area (Å²) < 4.78 is 5.21. The first-order valence-corrected chi connectivity index (χ1v) is 11.6. The van der Waals surface area contributed by atoms with E-state index in [2.05, 4.69) is 97.3 Å². The van der Waals surface area contributed by atoms with Crippen LogP contribution in [0.2, 0.25) is 0 Å². The Hall–Kier alpha value is -3.10. The number of aryl methyl sites for hydroxylation is 2. The molecule has 0 aliphatic heterocycles. The Kier molecular flexibility index (Phi) is 3.97. The molecule has 2 heteroatoms. The maximum absolute atomic E-state index is 2.45. The van der Waals surface area contributed by atoms with Gasteiger partial charge >= 0.3 is 0 Å². The molecule has 0 aliphatic carbocycles.